The van der Waals surface area contributed by atoms with Crippen molar-refractivity contribution in [2.24, 2.45) is 0 Å². The van der Waals surface area contributed by atoms with E-state index in [2.05, 4.69) is 0 Å². The van der Waals surface area contributed by atoms with Crippen LogP contribution in [0.4, 0.5) is 4.39 Å². The third-order valence-corrected chi connectivity index (χ3v) is 6.01. The maximum atomic E-state index is 15.3. The second-order valence-electron chi connectivity index (χ2n) is 8.40. The molecule has 148 valence electrons. The summed E-state index contributed by atoms with van der Waals surface area (Å²) in [6.07, 6.45) is 2.84. The van der Waals surface area contributed by atoms with E-state index in [-0.39, 0.29) is 23.0 Å². The normalized spacial score (nSPS) is 24.3. The van der Waals surface area contributed by atoms with Crippen molar-refractivity contribution in [2.75, 3.05) is 20.3 Å². The molecular weight excluding hydrogens is 348 g/mol. The summed E-state index contributed by atoms with van der Waals surface area (Å²) < 4.78 is 32.5. The summed E-state index contributed by atoms with van der Waals surface area (Å²) in [5.41, 5.74) is -0.814. The lowest BCUT2D eigenvalue weighted by Crippen LogP contribution is -2.47. The third-order valence-electron chi connectivity index (χ3n) is 6.01. The van der Waals surface area contributed by atoms with Gasteiger partial charge in [0.1, 0.15) is 5.82 Å². The molecule has 0 N–H and O–H groups in total. The summed E-state index contributed by atoms with van der Waals surface area (Å²) in [6.45, 7) is 8.76. The van der Waals surface area contributed by atoms with Crippen LogP contribution in [0, 0.1) is 5.82 Å². The summed E-state index contributed by atoms with van der Waals surface area (Å²) in [5, 5.41) is 0. The van der Waals surface area contributed by atoms with Crippen molar-refractivity contribution >= 4 is 18.5 Å². The van der Waals surface area contributed by atoms with E-state index in [1.165, 1.54) is 6.07 Å². The SMILES string of the molecule is COCC1CCCCN1C(=O)c1cccc(B2OC(C)(C)C(C)(C)O2)c1F. The van der Waals surface area contributed by atoms with Gasteiger partial charge in [0.05, 0.1) is 29.4 Å². The minimum Gasteiger partial charge on any atom is -0.399 e. The van der Waals surface area contributed by atoms with Gasteiger partial charge in [0.15, 0.2) is 0 Å². The zero-order valence-electron chi connectivity index (χ0n) is 16.9. The lowest BCUT2D eigenvalue weighted by atomic mass is 9.77. The number of methoxy groups -OCH3 is 1. The van der Waals surface area contributed by atoms with Crippen LogP contribution in [0.25, 0.3) is 0 Å². The van der Waals surface area contributed by atoms with E-state index in [1.54, 1.807) is 24.1 Å². The number of carbonyl (C=O) groups excluding carboxylic acids is 1. The van der Waals surface area contributed by atoms with Gasteiger partial charge in [0.25, 0.3) is 5.91 Å². The zero-order chi connectivity index (χ0) is 19.8. The van der Waals surface area contributed by atoms with Crippen molar-refractivity contribution < 1.29 is 23.2 Å². The Labute approximate surface area is 161 Å². The molecule has 27 heavy (non-hydrogen) atoms. The van der Waals surface area contributed by atoms with Gasteiger partial charge in [-0.15, -0.1) is 0 Å². The monoisotopic (exact) mass is 377 g/mol. The molecule has 2 heterocycles. The molecule has 2 saturated heterocycles. The molecule has 5 nitrogen and oxygen atoms in total. The molecule has 2 aliphatic heterocycles. The Morgan fingerprint density at radius 2 is 1.93 bits per heavy atom. The maximum absolute atomic E-state index is 15.3. The van der Waals surface area contributed by atoms with Crippen molar-refractivity contribution in [3.05, 3.63) is 29.6 Å². The number of likely N-dealkylation sites (tertiary alicyclic amines) is 1. The van der Waals surface area contributed by atoms with Gasteiger partial charge < -0.3 is 18.9 Å². The highest BCUT2D eigenvalue weighted by atomic mass is 19.1. The second-order valence-corrected chi connectivity index (χ2v) is 8.40. The molecule has 1 aromatic carbocycles. The molecule has 0 saturated carbocycles. The zero-order valence-corrected chi connectivity index (χ0v) is 16.9. The topological polar surface area (TPSA) is 48.0 Å². The predicted octanol–water partition coefficient (Wildman–Crippen LogP) is 2.77. The number of hydrogen-bond donors (Lipinski definition) is 0. The van der Waals surface area contributed by atoms with Gasteiger partial charge >= 0.3 is 7.12 Å². The number of piperidine rings is 1. The first-order chi connectivity index (χ1) is 12.7. The van der Waals surface area contributed by atoms with Gasteiger partial charge in [0.2, 0.25) is 0 Å². The minimum atomic E-state index is -0.834. The molecule has 0 radical (unpaired) electrons. The standard InChI is InChI=1S/C20H29BFNO4/c1-19(2)20(3,4)27-21(26-19)16-11-8-10-15(17(16)22)18(24)23-12-7-6-9-14(23)13-25-5/h8,10-11,14H,6-7,9,12-13H2,1-5H3. The fourth-order valence-corrected chi connectivity index (χ4v) is 3.66. The Hall–Kier alpha value is -1.44. The van der Waals surface area contributed by atoms with Crippen LogP contribution in [0.3, 0.4) is 0 Å². The van der Waals surface area contributed by atoms with Crippen molar-refractivity contribution in [1.29, 1.82) is 0 Å². The smallest absolute Gasteiger partial charge is 0.399 e. The number of ether oxygens (including phenoxy) is 1. The van der Waals surface area contributed by atoms with Crippen LogP contribution in [-0.2, 0) is 14.0 Å². The summed E-state index contributed by atoms with van der Waals surface area (Å²) in [6, 6.07) is 4.82. The number of rotatable bonds is 4. The van der Waals surface area contributed by atoms with Crippen LogP contribution in [0.15, 0.2) is 18.2 Å². The number of hydrogen-bond acceptors (Lipinski definition) is 4. The van der Waals surface area contributed by atoms with E-state index in [9.17, 15) is 4.79 Å². The van der Waals surface area contributed by atoms with Crippen LogP contribution in [0.1, 0.15) is 57.3 Å². The Morgan fingerprint density at radius 3 is 2.56 bits per heavy atom. The first-order valence-corrected chi connectivity index (χ1v) is 9.62. The van der Waals surface area contributed by atoms with Gasteiger partial charge in [-0.05, 0) is 53.0 Å². The molecule has 0 aromatic heterocycles. The van der Waals surface area contributed by atoms with E-state index in [1.807, 2.05) is 27.7 Å². The van der Waals surface area contributed by atoms with Crippen LogP contribution in [0.2, 0.25) is 0 Å². The number of carbonyl (C=O) groups is 1. The van der Waals surface area contributed by atoms with E-state index < -0.39 is 24.1 Å². The Morgan fingerprint density at radius 1 is 1.26 bits per heavy atom. The molecule has 3 rings (SSSR count). The molecule has 2 fully saturated rings. The number of halogens is 1. The second kappa shape index (κ2) is 7.53. The summed E-state index contributed by atoms with van der Waals surface area (Å²) in [4.78, 5) is 14.8. The van der Waals surface area contributed by atoms with Gasteiger partial charge in [0, 0.05) is 19.1 Å². The Balaban J connectivity index is 1.88. The molecule has 1 unspecified atom stereocenters. The lowest BCUT2D eigenvalue weighted by Gasteiger charge is -2.35. The predicted molar refractivity (Wildman–Crippen MR) is 103 cm³/mol. The van der Waals surface area contributed by atoms with Gasteiger partial charge in [-0.25, -0.2) is 4.39 Å². The molecule has 1 atom stereocenters. The Kier molecular flexibility index (Phi) is 5.66. The van der Waals surface area contributed by atoms with Crippen molar-refractivity contribution in [2.45, 2.75) is 64.2 Å². The third kappa shape index (κ3) is 3.77. The fourth-order valence-electron chi connectivity index (χ4n) is 3.66. The highest BCUT2D eigenvalue weighted by Gasteiger charge is 2.52. The average molecular weight is 377 g/mol. The van der Waals surface area contributed by atoms with E-state index in [0.29, 0.717) is 13.2 Å². The van der Waals surface area contributed by atoms with E-state index in [0.717, 1.165) is 19.3 Å². The van der Waals surface area contributed by atoms with E-state index >= 15 is 4.39 Å². The van der Waals surface area contributed by atoms with Crippen LogP contribution in [-0.4, -0.2) is 55.4 Å². The number of amides is 1. The summed E-state index contributed by atoms with van der Waals surface area (Å²) in [7, 11) is 0.787. The molecule has 2 aliphatic rings. The van der Waals surface area contributed by atoms with Crippen molar-refractivity contribution in [3.8, 4) is 0 Å². The van der Waals surface area contributed by atoms with Crippen LogP contribution in [0.5, 0.6) is 0 Å². The largest absolute Gasteiger partial charge is 0.497 e. The summed E-state index contributed by atoms with van der Waals surface area (Å²) >= 11 is 0. The van der Waals surface area contributed by atoms with Gasteiger partial charge in [-0.1, -0.05) is 12.1 Å². The molecule has 0 aliphatic carbocycles. The first-order valence-electron chi connectivity index (χ1n) is 9.62. The van der Waals surface area contributed by atoms with Crippen LogP contribution < -0.4 is 5.46 Å². The molecule has 0 spiro atoms. The molecule has 1 amide bonds. The van der Waals surface area contributed by atoms with Crippen molar-refractivity contribution in [3.63, 3.8) is 0 Å². The Bertz CT molecular complexity index is 691. The van der Waals surface area contributed by atoms with Crippen molar-refractivity contribution in [1.82, 2.24) is 4.90 Å². The fraction of sp³-hybridized carbons (Fsp3) is 0.650. The summed E-state index contributed by atoms with van der Waals surface area (Å²) in [5.74, 6) is -0.865. The van der Waals surface area contributed by atoms with E-state index in [4.69, 9.17) is 14.0 Å². The first kappa shape index (κ1) is 20.3. The molecular formula is C20H29BFNO4. The van der Waals surface area contributed by atoms with Crippen LogP contribution >= 0.6 is 0 Å². The average Bonchev–Trinajstić information content (AvgIpc) is 2.83. The van der Waals surface area contributed by atoms with Gasteiger partial charge in [-0.3, -0.25) is 4.79 Å². The number of nitrogens with zero attached hydrogens (tertiary/aromatic N) is 1. The number of benzene rings is 1. The minimum absolute atomic E-state index is 0.0175. The van der Waals surface area contributed by atoms with Gasteiger partial charge in [-0.2, -0.15) is 0 Å². The molecule has 1 aromatic rings. The quantitative estimate of drug-likeness (QED) is 0.758. The molecule has 7 heteroatoms. The highest BCUT2D eigenvalue weighted by molar-refractivity contribution is 6.62. The maximum Gasteiger partial charge on any atom is 0.497 e. The highest BCUT2D eigenvalue weighted by Crippen LogP contribution is 2.36. The molecule has 0 bridgehead atoms. The lowest BCUT2D eigenvalue weighted by molar-refractivity contribution is 0.00578.